The molecule has 0 fully saturated rings. The maximum absolute atomic E-state index is 12.4. The van der Waals surface area contributed by atoms with Crippen LogP contribution in [0.5, 0.6) is 0 Å². The minimum atomic E-state index is -0.859. The van der Waals surface area contributed by atoms with Crippen LogP contribution in [0.15, 0.2) is 24.3 Å². The summed E-state index contributed by atoms with van der Waals surface area (Å²) in [6.07, 6.45) is 56.0. The van der Waals surface area contributed by atoms with E-state index in [1.165, 1.54) is 186 Å². The Hall–Kier alpha value is -1.66. The van der Waals surface area contributed by atoms with E-state index in [9.17, 15) is 19.8 Å². The third-order valence-electron chi connectivity index (χ3n) is 11.7. The maximum atomic E-state index is 12.4. The van der Waals surface area contributed by atoms with Crippen LogP contribution in [0.4, 0.5) is 0 Å². The van der Waals surface area contributed by atoms with Crippen LogP contribution in [0.1, 0.15) is 271 Å². The number of unbranched alkanes of at least 4 members (excludes halogenated alkanes) is 34. The van der Waals surface area contributed by atoms with Crippen LogP contribution in [0.2, 0.25) is 0 Å². The van der Waals surface area contributed by atoms with Gasteiger partial charge in [0.1, 0.15) is 0 Å². The van der Waals surface area contributed by atoms with Gasteiger partial charge in [0.25, 0.3) is 0 Å². The monoisotopic (exact) mass is 818 g/mol. The Balaban J connectivity index is 3.53. The summed E-state index contributed by atoms with van der Waals surface area (Å²) in [5.41, 5.74) is 0. The zero-order valence-electron chi connectivity index (χ0n) is 38.8. The van der Waals surface area contributed by atoms with Gasteiger partial charge in [0.05, 0.1) is 25.4 Å². The Morgan fingerprint density at radius 1 is 0.466 bits per heavy atom. The molecular formula is C52H99NO5. The summed E-state index contributed by atoms with van der Waals surface area (Å²) >= 11 is 0. The number of carbonyl (C=O) groups is 2. The normalized spacial score (nSPS) is 12.8. The summed E-state index contributed by atoms with van der Waals surface area (Å²) in [4.78, 5) is 24.4. The molecule has 342 valence electrons. The summed E-state index contributed by atoms with van der Waals surface area (Å²) in [6, 6.07) is -0.645. The van der Waals surface area contributed by atoms with Crippen LogP contribution in [0.25, 0.3) is 0 Å². The lowest BCUT2D eigenvalue weighted by molar-refractivity contribution is -0.143. The summed E-state index contributed by atoms with van der Waals surface area (Å²) in [6.45, 7) is 4.83. The van der Waals surface area contributed by atoms with Gasteiger partial charge in [-0.15, -0.1) is 0 Å². The molecule has 0 aromatic rings. The lowest BCUT2D eigenvalue weighted by Crippen LogP contribution is -2.45. The van der Waals surface area contributed by atoms with Crippen molar-refractivity contribution in [3.63, 3.8) is 0 Å². The van der Waals surface area contributed by atoms with Gasteiger partial charge in [-0.1, -0.05) is 224 Å². The van der Waals surface area contributed by atoms with E-state index >= 15 is 0 Å². The molecule has 0 spiro atoms. The number of amides is 1. The van der Waals surface area contributed by atoms with E-state index in [0.29, 0.717) is 19.4 Å². The fourth-order valence-electron chi connectivity index (χ4n) is 7.74. The van der Waals surface area contributed by atoms with Crippen molar-refractivity contribution >= 4 is 11.9 Å². The van der Waals surface area contributed by atoms with E-state index in [2.05, 4.69) is 31.3 Å². The van der Waals surface area contributed by atoms with Crippen LogP contribution in [0.3, 0.4) is 0 Å². The van der Waals surface area contributed by atoms with Gasteiger partial charge in [-0.05, 0) is 57.8 Å². The second-order valence-corrected chi connectivity index (χ2v) is 17.5. The number of nitrogens with one attached hydrogen (secondary N) is 1. The Morgan fingerprint density at radius 2 is 0.810 bits per heavy atom. The van der Waals surface area contributed by atoms with Gasteiger partial charge in [0.15, 0.2) is 0 Å². The highest BCUT2D eigenvalue weighted by Gasteiger charge is 2.18. The number of hydrogen-bond donors (Lipinski definition) is 3. The number of carbonyl (C=O) groups excluding carboxylic acids is 2. The first kappa shape index (κ1) is 56.3. The smallest absolute Gasteiger partial charge is 0.305 e. The van der Waals surface area contributed by atoms with Gasteiger partial charge in [-0.25, -0.2) is 0 Å². The first-order valence-electron chi connectivity index (χ1n) is 25.6. The van der Waals surface area contributed by atoms with Gasteiger partial charge < -0.3 is 20.3 Å². The number of hydrogen-bond acceptors (Lipinski definition) is 5. The van der Waals surface area contributed by atoms with Crippen molar-refractivity contribution in [2.45, 2.75) is 283 Å². The van der Waals surface area contributed by atoms with Crippen LogP contribution in [-0.4, -0.2) is 47.4 Å². The number of aliphatic hydroxyl groups excluding tert-OH is 2. The van der Waals surface area contributed by atoms with Crippen molar-refractivity contribution in [3.05, 3.63) is 24.3 Å². The Bertz CT molecular complexity index is 904. The number of esters is 1. The molecule has 0 saturated heterocycles. The van der Waals surface area contributed by atoms with Crippen LogP contribution < -0.4 is 5.32 Å². The van der Waals surface area contributed by atoms with Crippen LogP contribution >= 0.6 is 0 Å². The van der Waals surface area contributed by atoms with Gasteiger partial charge >= 0.3 is 5.97 Å². The highest BCUT2D eigenvalue weighted by Crippen LogP contribution is 2.16. The highest BCUT2D eigenvalue weighted by atomic mass is 16.5. The van der Waals surface area contributed by atoms with Crippen molar-refractivity contribution in [3.8, 4) is 0 Å². The van der Waals surface area contributed by atoms with Gasteiger partial charge in [-0.2, -0.15) is 0 Å². The van der Waals surface area contributed by atoms with Crippen LogP contribution in [0, 0.1) is 0 Å². The predicted molar refractivity (Wildman–Crippen MR) is 250 cm³/mol. The van der Waals surface area contributed by atoms with Crippen LogP contribution in [-0.2, 0) is 14.3 Å². The van der Waals surface area contributed by atoms with Crippen molar-refractivity contribution in [1.82, 2.24) is 5.32 Å². The number of allylic oxidation sites excluding steroid dienone is 3. The number of ether oxygens (including phenoxy) is 1. The van der Waals surface area contributed by atoms with Gasteiger partial charge in [-0.3, -0.25) is 9.59 Å². The van der Waals surface area contributed by atoms with Crippen molar-refractivity contribution < 1.29 is 24.5 Å². The maximum Gasteiger partial charge on any atom is 0.305 e. The zero-order chi connectivity index (χ0) is 42.3. The van der Waals surface area contributed by atoms with E-state index in [0.717, 1.165) is 57.8 Å². The Morgan fingerprint density at radius 3 is 1.26 bits per heavy atom. The fourth-order valence-corrected chi connectivity index (χ4v) is 7.74. The fraction of sp³-hybridized carbons (Fsp3) is 0.885. The van der Waals surface area contributed by atoms with E-state index < -0.39 is 12.1 Å². The average Bonchev–Trinajstić information content (AvgIpc) is 3.22. The standard InChI is InChI=1S/C52H99NO5/c1-3-5-7-9-11-13-15-17-18-19-20-21-22-23-24-28-32-36-40-44-50(55)49(48-54)53-51(56)45-41-37-33-29-26-27-31-35-39-43-47-58-52(57)46-42-38-34-30-25-16-14-12-10-8-6-4-2/h12,14,40,44,49-50,54-55H,3-11,13,15-39,41-43,45-48H2,1-2H3,(H,53,56)/b14-12-,44-40+. The molecule has 58 heavy (non-hydrogen) atoms. The van der Waals surface area contributed by atoms with Crippen molar-refractivity contribution in [2.75, 3.05) is 13.2 Å². The zero-order valence-corrected chi connectivity index (χ0v) is 38.8. The Kier molecular flexibility index (Phi) is 46.6. The second-order valence-electron chi connectivity index (χ2n) is 17.5. The molecule has 0 aromatic carbocycles. The molecule has 0 aliphatic rings. The molecule has 2 atom stereocenters. The van der Waals surface area contributed by atoms with E-state index in [4.69, 9.17) is 4.74 Å². The largest absolute Gasteiger partial charge is 0.466 e. The summed E-state index contributed by atoms with van der Waals surface area (Å²) in [5.74, 6) is -0.121. The second kappa shape index (κ2) is 48.0. The molecule has 0 aromatic heterocycles. The quantitative estimate of drug-likeness (QED) is 0.0323. The van der Waals surface area contributed by atoms with Gasteiger partial charge in [0.2, 0.25) is 5.91 Å². The molecule has 2 unspecified atom stereocenters. The van der Waals surface area contributed by atoms with E-state index in [1.807, 2.05) is 6.08 Å². The topological polar surface area (TPSA) is 95.9 Å². The first-order valence-corrected chi connectivity index (χ1v) is 25.6. The summed E-state index contributed by atoms with van der Waals surface area (Å²) < 4.78 is 5.43. The molecule has 0 saturated carbocycles. The van der Waals surface area contributed by atoms with E-state index in [1.54, 1.807) is 6.08 Å². The summed E-state index contributed by atoms with van der Waals surface area (Å²) in [5, 5.41) is 23.1. The molecule has 0 heterocycles. The highest BCUT2D eigenvalue weighted by molar-refractivity contribution is 5.76. The third-order valence-corrected chi connectivity index (χ3v) is 11.7. The molecule has 0 aliphatic heterocycles. The molecule has 0 bridgehead atoms. The molecule has 0 radical (unpaired) electrons. The lowest BCUT2D eigenvalue weighted by atomic mass is 10.0. The molecule has 6 nitrogen and oxygen atoms in total. The predicted octanol–water partition coefficient (Wildman–Crippen LogP) is 15.1. The minimum absolute atomic E-state index is 0.0309. The molecule has 6 heteroatoms. The number of aliphatic hydroxyl groups is 2. The minimum Gasteiger partial charge on any atom is -0.466 e. The molecule has 0 rings (SSSR count). The Labute approximate surface area is 361 Å². The molecular weight excluding hydrogens is 719 g/mol. The average molecular weight is 818 g/mol. The molecule has 1 amide bonds. The molecule has 0 aliphatic carbocycles. The summed E-state index contributed by atoms with van der Waals surface area (Å²) in [7, 11) is 0. The van der Waals surface area contributed by atoms with Gasteiger partial charge in [0, 0.05) is 12.8 Å². The van der Waals surface area contributed by atoms with Crippen molar-refractivity contribution in [2.24, 2.45) is 0 Å². The lowest BCUT2D eigenvalue weighted by Gasteiger charge is -2.20. The first-order chi connectivity index (χ1) is 28.5. The molecule has 3 N–H and O–H groups in total. The SMILES string of the molecule is CCCCC/C=C\CCCCCCCC(=O)OCCCCCCCCCCCCC(=O)NC(CO)C(O)/C=C/CCCCCCCCCCCCCCCCCCC. The number of rotatable bonds is 47. The van der Waals surface area contributed by atoms with Crippen molar-refractivity contribution in [1.29, 1.82) is 0 Å². The third kappa shape index (κ3) is 43.9. The van der Waals surface area contributed by atoms with E-state index in [-0.39, 0.29) is 18.5 Å².